The van der Waals surface area contributed by atoms with Gasteiger partial charge in [-0.3, -0.25) is 0 Å². The van der Waals surface area contributed by atoms with Gasteiger partial charge in [0.2, 0.25) is 5.88 Å². The quantitative estimate of drug-likeness (QED) is 0.789. The van der Waals surface area contributed by atoms with Crippen molar-refractivity contribution in [3.8, 4) is 17.4 Å². The van der Waals surface area contributed by atoms with Crippen LogP contribution in [0.2, 0.25) is 5.02 Å². The molecular formula is C17H21ClN2O5. The minimum absolute atomic E-state index is 0.253. The van der Waals surface area contributed by atoms with Gasteiger partial charge in [0.15, 0.2) is 6.10 Å². The van der Waals surface area contributed by atoms with E-state index in [0.29, 0.717) is 17.2 Å². The second-order valence-corrected chi connectivity index (χ2v) is 5.98. The van der Waals surface area contributed by atoms with Crippen LogP contribution in [0.25, 0.3) is 0 Å². The summed E-state index contributed by atoms with van der Waals surface area (Å²) >= 11 is 6.18. The second-order valence-electron chi connectivity index (χ2n) is 5.57. The van der Waals surface area contributed by atoms with Gasteiger partial charge in [-0.1, -0.05) is 11.6 Å². The second kappa shape index (κ2) is 7.76. The number of hydrogen-bond donors (Lipinski definition) is 1. The van der Waals surface area contributed by atoms with Gasteiger partial charge in [0, 0.05) is 24.2 Å². The summed E-state index contributed by atoms with van der Waals surface area (Å²) in [6.07, 6.45) is -0.837. The lowest BCUT2D eigenvalue weighted by molar-refractivity contribution is -0.147. The van der Waals surface area contributed by atoms with E-state index in [9.17, 15) is 9.90 Å². The molecule has 1 atom stereocenters. The topological polar surface area (TPSA) is 82.8 Å². The van der Waals surface area contributed by atoms with Gasteiger partial charge >= 0.3 is 5.97 Å². The van der Waals surface area contributed by atoms with Gasteiger partial charge in [0.25, 0.3) is 0 Å². The number of benzene rings is 1. The summed E-state index contributed by atoms with van der Waals surface area (Å²) in [4.78, 5) is 11.5. The predicted octanol–water partition coefficient (Wildman–Crippen LogP) is 2.92. The van der Waals surface area contributed by atoms with Crippen molar-refractivity contribution in [1.29, 1.82) is 0 Å². The SMILES string of the molecule is COC(=O)[C@H](C)Oc1cc(Oc2c(C)c(C)nn2C)c(CO)cc1Cl. The number of aryl methyl sites for hydroxylation is 2. The van der Waals surface area contributed by atoms with Crippen molar-refractivity contribution >= 4 is 17.6 Å². The van der Waals surface area contributed by atoms with Crippen molar-refractivity contribution in [1.82, 2.24) is 9.78 Å². The lowest BCUT2D eigenvalue weighted by Crippen LogP contribution is -2.25. The third-order valence-corrected chi connectivity index (χ3v) is 4.08. The highest BCUT2D eigenvalue weighted by atomic mass is 35.5. The summed E-state index contributed by atoms with van der Waals surface area (Å²) in [6, 6.07) is 3.07. The Hall–Kier alpha value is -2.25. The number of aliphatic hydroxyl groups excluding tert-OH is 1. The molecule has 25 heavy (non-hydrogen) atoms. The Morgan fingerprint density at radius 2 is 2.04 bits per heavy atom. The van der Waals surface area contributed by atoms with E-state index in [0.717, 1.165) is 11.3 Å². The fraction of sp³-hybridized carbons (Fsp3) is 0.412. The first-order chi connectivity index (χ1) is 11.8. The van der Waals surface area contributed by atoms with Gasteiger partial charge in [-0.2, -0.15) is 5.10 Å². The van der Waals surface area contributed by atoms with Crippen LogP contribution < -0.4 is 9.47 Å². The van der Waals surface area contributed by atoms with Gasteiger partial charge in [-0.25, -0.2) is 9.48 Å². The predicted molar refractivity (Wildman–Crippen MR) is 92.2 cm³/mol. The number of esters is 1. The molecule has 0 radical (unpaired) electrons. The minimum atomic E-state index is -0.837. The molecule has 0 bridgehead atoms. The molecule has 1 aromatic heterocycles. The van der Waals surface area contributed by atoms with Crippen molar-refractivity contribution < 1.29 is 24.1 Å². The van der Waals surface area contributed by atoms with Gasteiger partial charge in [-0.15, -0.1) is 0 Å². The average molecular weight is 369 g/mol. The van der Waals surface area contributed by atoms with Gasteiger partial charge < -0.3 is 19.3 Å². The molecule has 1 aromatic carbocycles. The maximum atomic E-state index is 11.5. The number of methoxy groups -OCH3 is 1. The first-order valence-electron chi connectivity index (χ1n) is 7.64. The van der Waals surface area contributed by atoms with Crippen LogP contribution in [0.1, 0.15) is 23.7 Å². The molecule has 7 nitrogen and oxygen atoms in total. The monoisotopic (exact) mass is 368 g/mol. The lowest BCUT2D eigenvalue weighted by atomic mass is 10.2. The van der Waals surface area contributed by atoms with E-state index in [1.807, 2.05) is 13.8 Å². The number of aliphatic hydroxyl groups is 1. The van der Waals surface area contributed by atoms with E-state index in [1.54, 1.807) is 18.7 Å². The van der Waals surface area contributed by atoms with Crippen LogP contribution in [-0.2, 0) is 23.2 Å². The minimum Gasteiger partial charge on any atom is -0.477 e. The molecular weight excluding hydrogens is 348 g/mol. The molecule has 0 saturated carbocycles. The van der Waals surface area contributed by atoms with E-state index in [2.05, 4.69) is 9.84 Å². The first-order valence-corrected chi connectivity index (χ1v) is 8.02. The molecule has 2 rings (SSSR count). The molecule has 0 fully saturated rings. The largest absolute Gasteiger partial charge is 0.477 e. The molecule has 0 spiro atoms. The third kappa shape index (κ3) is 4.05. The van der Waals surface area contributed by atoms with Crippen LogP contribution in [0, 0.1) is 13.8 Å². The van der Waals surface area contributed by atoms with Gasteiger partial charge in [-0.05, 0) is 26.8 Å². The highest BCUT2D eigenvalue weighted by Gasteiger charge is 2.20. The van der Waals surface area contributed by atoms with E-state index < -0.39 is 12.1 Å². The molecule has 0 aliphatic heterocycles. The van der Waals surface area contributed by atoms with Gasteiger partial charge in [0.1, 0.15) is 11.5 Å². The van der Waals surface area contributed by atoms with Crippen LogP contribution in [0.15, 0.2) is 12.1 Å². The summed E-state index contributed by atoms with van der Waals surface area (Å²) in [5.41, 5.74) is 2.21. The zero-order chi connectivity index (χ0) is 18.7. The number of carbonyl (C=O) groups excluding carboxylic acids is 1. The molecule has 136 valence electrons. The summed E-state index contributed by atoms with van der Waals surface area (Å²) in [6.45, 7) is 5.06. The fourth-order valence-corrected chi connectivity index (χ4v) is 2.51. The Balaban J connectivity index is 2.39. The molecule has 0 amide bonds. The number of ether oxygens (including phenoxy) is 3. The maximum Gasteiger partial charge on any atom is 0.346 e. The van der Waals surface area contributed by atoms with Crippen LogP contribution in [0.3, 0.4) is 0 Å². The Kier molecular flexibility index (Phi) is 5.92. The molecule has 8 heteroatoms. The van der Waals surface area contributed by atoms with E-state index in [1.165, 1.54) is 19.2 Å². The molecule has 0 unspecified atom stereocenters. The molecule has 0 aliphatic carbocycles. The molecule has 0 saturated heterocycles. The van der Waals surface area contributed by atoms with Crippen molar-refractivity contribution in [3.63, 3.8) is 0 Å². The van der Waals surface area contributed by atoms with E-state index in [4.69, 9.17) is 21.1 Å². The number of aromatic nitrogens is 2. The summed E-state index contributed by atoms with van der Waals surface area (Å²) < 4.78 is 17.7. The number of hydrogen-bond acceptors (Lipinski definition) is 6. The highest BCUT2D eigenvalue weighted by Crippen LogP contribution is 2.37. The fourth-order valence-electron chi connectivity index (χ4n) is 2.28. The summed E-state index contributed by atoms with van der Waals surface area (Å²) in [5, 5.41) is 14.1. The summed E-state index contributed by atoms with van der Waals surface area (Å²) in [5.74, 6) is 0.637. The van der Waals surface area contributed by atoms with Crippen molar-refractivity contribution in [2.75, 3.05) is 7.11 Å². The summed E-state index contributed by atoms with van der Waals surface area (Å²) in [7, 11) is 3.04. The average Bonchev–Trinajstić information content (AvgIpc) is 2.82. The van der Waals surface area contributed by atoms with Gasteiger partial charge in [0.05, 0.1) is 24.4 Å². The number of nitrogens with zero attached hydrogens (tertiary/aromatic N) is 2. The van der Waals surface area contributed by atoms with E-state index in [-0.39, 0.29) is 17.4 Å². The van der Waals surface area contributed by atoms with Crippen LogP contribution in [-0.4, -0.2) is 34.1 Å². The lowest BCUT2D eigenvalue weighted by Gasteiger charge is -2.17. The molecule has 0 aliphatic rings. The number of carbonyl (C=O) groups is 1. The highest BCUT2D eigenvalue weighted by molar-refractivity contribution is 6.32. The van der Waals surface area contributed by atoms with Crippen molar-refractivity contribution in [3.05, 3.63) is 34.0 Å². The van der Waals surface area contributed by atoms with Crippen molar-refractivity contribution in [2.45, 2.75) is 33.5 Å². The number of halogens is 1. The van der Waals surface area contributed by atoms with E-state index >= 15 is 0 Å². The normalized spacial score (nSPS) is 12.0. The third-order valence-electron chi connectivity index (χ3n) is 3.79. The Morgan fingerprint density at radius 3 is 2.56 bits per heavy atom. The standard InChI is InChI=1S/C17H21ClN2O5/c1-9-10(2)19-20(4)16(9)25-14-7-15(13(18)6-12(14)8-21)24-11(3)17(22)23-5/h6-7,11,21H,8H2,1-5H3/t11-/m0/s1. The van der Waals surface area contributed by atoms with Crippen LogP contribution >= 0.6 is 11.6 Å². The maximum absolute atomic E-state index is 11.5. The Bertz CT molecular complexity index is 788. The Labute approximate surface area is 151 Å². The molecule has 1 N–H and O–H groups in total. The van der Waals surface area contributed by atoms with Crippen LogP contribution in [0.5, 0.6) is 17.4 Å². The zero-order valence-corrected chi connectivity index (χ0v) is 15.5. The number of rotatable bonds is 6. The zero-order valence-electron chi connectivity index (χ0n) is 14.8. The molecule has 1 heterocycles. The van der Waals surface area contributed by atoms with Crippen LogP contribution in [0.4, 0.5) is 0 Å². The Morgan fingerprint density at radius 1 is 1.36 bits per heavy atom. The first kappa shape index (κ1) is 19.1. The smallest absolute Gasteiger partial charge is 0.346 e. The van der Waals surface area contributed by atoms with Crippen molar-refractivity contribution in [2.24, 2.45) is 7.05 Å². The molecule has 2 aromatic rings.